The molecule has 1 aliphatic rings. The number of methoxy groups -OCH3 is 1. The average Bonchev–Trinajstić information content (AvgIpc) is 2.83. The highest BCUT2D eigenvalue weighted by Crippen LogP contribution is 2.35. The summed E-state index contributed by atoms with van der Waals surface area (Å²) in [6.07, 6.45) is 3.83. The standard InChI is InChI=1S/C25H28N4O2/c1-28(2)25-26-16-22(19-11-7-13-21(15-19)31-3)23(27-25)20-12-8-14-29(17-20)24(30)18-9-5-4-6-10-18/h4-7,9-11,13,15-16,20H,8,12,14,17H2,1-3H3/t20-/m1/s1. The molecule has 6 heteroatoms. The van der Waals surface area contributed by atoms with Crippen molar-refractivity contribution in [3.63, 3.8) is 0 Å². The van der Waals surface area contributed by atoms with E-state index in [1.54, 1.807) is 7.11 Å². The normalized spacial score (nSPS) is 16.1. The van der Waals surface area contributed by atoms with Crippen LogP contribution in [0.15, 0.2) is 60.8 Å². The van der Waals surface area contributed by atoms with Crippen molar-refractivity contribution in [1.29, 1.82) is 0 Å². The highest BCUT2D eigenvalue weighted by Gasteiger charge is 2.29. The zero-order chi connectivity index (χ0) is 21.8. The van der Waals surface area contributed by atoms with Crippen molar-refractivity contribution < 1.29 is 9.53 Å². The Morgan fingerprint density at radius 2 is 1.94 bits per heavy atom. The molecule has 1 atom stereocenters. The highest BCUT2D eigenvalue weighted by atomic mass is 16.5. The lowest BCUT2D eigenvalue weighted by Gasteiger charge is -2.33. The first kappa shape index (κ1) is 20.8. The Balaban J connectivity index is 1.69. The number of likely N-dealkylation sites (tertiary alicyclic amines) is 1. The second-order valence-corrected chi connectivity index (χ2v) is 8.05. The molecule has 1 aliphatic heterocycles. The number of nitrogens with zero attached hydrogens (tertiary/aromatic N) is 4. The fourth-order valence-electron chi connectivity index (χ4n) is 4.07. The molecular weight excluding hydrogens is 388 g/mol. The lowest BCUT2D eigenvalue weighted by atomic mass is 9.89. The quantitative estimate of drug-likeness (QED) is 0.623. The van der Waals surface area contributed by atoms with Crippen LogP contribution in [0.1, 0.15) is 34.8 Å². The number of benzene rings is 2. The van der Waals surface area contributed by atoms with E-state index in [1.807, 2.05) is 78.6 Å². The minimum absolute atomic E-state index is 0.0788. The Bertz CT molecular complexity index is 1050. The van der Waals surface area contributed by atoms with Crippen molar-refractivity contribution in [2.24, 2.45) is 0 Å². The summed E-state index contributed by atoms with van der Waals surface area (Å²) in [6, 6.07) is 17.5. The molecule has 3 aromatic rings. The number of ether oxygens (including phenoxy) is 1. The van der Waals surface area contributed by atoms with Crippen LogP contribution < -0.4 is 9.64 Å². The molecular formula is C25H28N4O2. The molecule has 0 spiro atoms. The zero-order valence-corrected chi connectivity index (χ0v) is 18.3. The molecule has 1 saturated heterocycles. The number of amides is 1. The number of rotatable bonds is 5. The van der Waals surface area contributed by atoms with E-state index in [-0.39, 0.29) is 11.8 Å². The van der Waals surface area contributed by atoms with Gasteiger partial charge in [0.25, 0.3) is 5.91 Å². The summed E-state index contributed by atoms with van der Waals surface area (Å²) in [7, 11) is 5.55. The summed E-state index contributed by atoms with van der Waals surface area (Å²) < 4.78 is 5.42. The van der Waals surface area contributed by atoms with Gasteiger partial charge in [0, 0.05) is 50.4 Å². The molecule has 1 amide bonds. The molecule has 0 radical (unpaired) electrons. The lowest BCUT2D eigenvalue weighted by molar-refractivity contribution is 0.0706. The molecule has 6 nitrogen and oxygen atoms in total. The van der Waals surface area contributed by atoms with Gasteiger partial charge in [-0.05, 0) is 42.7 Å². The van der Waals surface area contributed by atoms with E-state index in [4.69, 9.17) is 9.72 Å². The van der Waals surface area contributed by atoms with Crippen molar-refractivity contribution in [2.45, 2.75) is 18.8 Å². The zero-order valence-electron chi connectivity index (χ0n) is 18.3. The first-order valence-corrected chi connectivity index (χ1v) is 10.6. The first-order chi connectivity index (χ1) is 15.1. The molecule has 1 fully saturated rings. The highest BCUT2D eigenvalue weighted by molar-refractivity contribution is 5.94. The summed E-state index contributed by atoms with van der Waals surface area (Å²) in [5.41, 5.74) is 3.72. The van der Waals surface area contributed by atoms with E-state index >= 15 is 0 Å². The van der Waals surface area contributed by atoms with Gasteiger partial charge in [-0.15, -0.1) is 0 Å². The van der Waals surface area contributed by atoms with Gasteiger partial charge in [-0.3, -0.25) is 4.79 Å². The monoisotopic (exact) mass is 416 g/mol. The van der Waals surface area contributed by atoms with Gasteiger partial charge in [-0.1, -0.05) is 30.3 Å². The largest absolute Gasteiger partial charge is 0.497 e. The van der Waals surface area contributed by atoms with Crippen LogP contribution >= 0.6 is 0 Å². The number of carbonyl (C=O) groups is 1. The minimum atomic E-state index is 0.0788. The van der Waals surface area contributed by atoms with Gasteiger partial charge in [-0.2, -0.15) is 0 Å². The molecule has 0 aliphatic carbocycles. The molecule has 4 rings (SSSR count). The maximum Gasteiger partial charge on any atom is 0.253 e. The van der Waals surface area contributed by atoms with Gasteiger partial charge in [0.15, 0.2) is 0 Å². The molecule has 31 heavy (non-hydrogen) atoms. The minimum Gasteiger partial charge on any atom is -0.497 e. The van der Waals surface area contributed by atoms with E-state index in [0.29, 0.717) is 12.5 Å². The number of aromatic nitrogens is 2. The third kappa shape index (κ3) is 4.53. The maximum absolute atomic E-state index is 13.1. The van der Waals surface area contributed by atoms with E-state index < -0.39 is 0 Å². The van der Waals surface area contributed by atoms with Crippen LogP contribution in [0.5, 0.6) is 5.75 Å². The van der Waals surface area contributed by atoms with E-state index in [0.717, 1.165) is 47.5 Å². The summed E-state index contributed by atoms with van der Waals surface area (Å²) in [6.45, 7) is 1.42. The average molecular weight is 417 g/mol. The van der Waals surface area contributed by atoms with Crippen LogP contribution in [0.25, 0.3) is 11.1 Å². The summed E-state index contributed by atoms with van der Waals surface area (Å²) >= 11 is 0. The van der Waals surface area contributed by atoms with Gasteiger partial charge in [0.1, 0.15) is 5.75 Å². The van der Waals surface area contributed by atoms with Crippen molar-refractivity contribution in [2.75, 3.05) is 39.2 Å². The Morgan fingerprint density at radius 3 is 2.68 bits per heavy atom. The van der Waals surface area contributed by atoms with Crippen molar-refractivity contribution in [3.05, 3.63) is 72.1 Å². The van der Waals surface area contributed by atoms with E-state index in [1.165, 1.54) is 0 Å². The van der Waals surface area contributed by atoms with Crippen molar-refractivity contribution >= 4 is 11.9 Å². The van der Waals surface area contributed by atoms with Crippen LogP contribution in [0.4, 0.5) is 5.95 Å². The van der Waals surface area contributed by atoms with Gasteiger partial charge >= 0.3 is 0 Å². The smallest absolute Gasteiger partial charge is 0.253 e. The molecule has 0 N–H and O–H groups in total. The second-order valence-electron chi connectivity index (χ2n) is 8.05. The third-order valence-corrected chi connectivity index (χ3v) is 5.70. The Labute approximate surface area is 183 Å². The van der Waals surface area contributed by atoms with Crippen LogP contribution in [0, 0.1) is 0 Å². The lowest BCUT2D eigenvalue weighted by Crippen LogP contribution is -2.39. The van der Waals surface area contributed by atoms with Crippen LogP contribution in [-0.4, -0.2) is 55.1 Å². The van der Waals surface area contributed by atoms with Crippen molar-refractivity contribution in [3.8, 4) is 16.9 Å². The second kappa shape index (κ2) is 9.16. The number of hydrogen-bond donors (Lipinski definition) is 0. The van der Waals surface area contributed by atoms with Crippen molar-refractivity contribution in [1.82, 2.24) is 14.9 Å². The number of carbonyl (C=O) groups excluding carboxylic acids is 1. The number of anilines is 1. The number of hydrogen-bond acceptors (Lipinski definition) is 5. The first-order valence-electron chi connectivity index (χ1n) is 10.6. The predicted molar refractivity (Wildman–Crippen MR) is 123 cm³/mol. The molecule has 160 valence electrons. The molecule has 2 aromatic carbocycles. The number of piperidine rings is 1. The van der Waals surface area contributed by atoms with Gasteiger partial charge in [0.05, 0.1) is 12.8 Å². The molecule has 1 aromatic heterocycles. The Kier molecular flexibility index (Phi) is 6.16. The van der Waals surface area contributed by atoms with Crippen LogP contribution in [0.2, 0.25) is 0 Å². The van der Waals surface area contributed by atoms with Crippen LogP contribution in [0.3, 0.4) is 0 Å². The van der Waals surface area contributed by atoms with Gasteiger partial charge < -0.3 is 14.5 Å². The van der Waals surface area contributed by atoms with Gasteiger partial charge in [0.2, 0.25) is 5.95 Å². The third-order valence-electron chi connectivity index (χ3n) is 5.70. The Morgan fingerprint density at radius 1 is 1.13 bits per heavy atom. The van der Waals surface area contributed by atoms with Gasteiger partial charge in [-0.25, -0.2) is 9.97 Å². The Hall–Kier alpha value is -3.41. The molecule has 0 saturated carbocycles. The van der Waals surface area contributed by atoms with E-state index in [2.05, 4.69) is 11.1 Å². The SMILES string of the molecule is COc1cccc(-c2cnc(N(C)C)nc2[C@@H]2CCCN(C(=O)c3ccccc3)C2)c1. The van der Waals surface area contributed by atoms with Crippen LogP contribution in [-0.2, 0) is 0 Å². The summed E-state index contributed by atoms with van der Waals surface area (Å²) in [4.78, 5) is 26.4. The maximum atomic E-state index is 13.1. The predicted octanol–water partition coefficient (Wildman–Crippen LogP) is 4.24. The molecule has 0 unspecified atom stereocenters. The topological polar surface area (TPSA) is 58.6 Å². The fourth-order valence-corrected chi connectivity index (χ4v) is 4.07. The summed E-state index contributed by atoms with van der Waals surface area (Å²) in [5.74, 6) is 1.69. The van der Waals surface area contributed by atoms with E-state index in [9.17, 15) is 4.79 Å². The fraction of sp³-hybridized carbons (Fsp3) is 0.320. The molecule has 2 heterocycles. The molecule has 0 bridgehead atoms. The summed E-state index contributed by atoms with van der Waals surface area (Å²) in [5, 5.41) is 0.